The van der Waals surface area contributed by atoms with E-state index in [0.717, 1.165) is 24.4 Å². The molecule has 0 heterocycles. The van der Waals surface area contributed by atoms with Crippen molar-refractivity contribution in [2.45, 2.75) is 13.1 Å². The van der Waals surface area contributed by atoms with Gasteiger partial charge in [0.15, 0.2) is 0 Å². The van der Waals surface area contributed by atoms with Crippen molar-refractivity contribution in [3.05, 3.63) is 59.7 Å². The smallest absolute Gasteiger partial charge is 0.488 e. The summed E-state index contributed by atoms with van der Waals surface area (Å²) in [5, 5.41) is 21.4. The molecule has 2 aromatic carbocycles. The highest BCUT2D eigenvalue weighted by Crippen LogP contribution is 2.11. The largest absolute Gasteiger partial charge is 0.497 e. The third kappa shape index (κ3) is 4.10. The maximum atomic E-state index is 9.01. The van der Waals surface area contributed by atoms with Crippen LogP contribution < -0.4 is 15.5 Å². The molecule has 0 aliphatic rings. The van der Waals surface area contributed by atoms with E-state index in [9.17, 15) is 0 Å². The quantitative estimate of drug-likeness (QED) is 0.676. The van der Waals surface area contributed by atoms with Crippen molar-refractivity contribution in [1.82, 2.24) is 5.32 Å². The van der Waals surface area contributed by atoms with Crippen LogP contribution in [0.25, 0.3) is 0 Å². The lowest BCUT2D eigenvalue weighted by molar-refractivity contribution is 0.414. The van der Waals surface area contributed by atoms with Gasteiger partial charge in [-0.3, -0.25) is 0 Å². The minimum absolute atomic E-state index is 0.504. The molecule has 0 aliphatic carbocycles. The highest BCUT2D eigenvalue weighted by atomic mass is 16.5. The van der Waals surface area contributed by atoms with Crippen molar-refractivity contribution in [1.29, 1.82) is 0 Å². The van der Waals surface area contributed by atoms with E-state index in [0.29, 0.717) is 5.46 Å². The number of hydrogen-bond acceptors (Lipinski definition) is 4. The predicted molar refractivity (Wildman–Crippen MR) is 79.8 cm³/mol. The van der Waals surface area contributed by atoms with E-state index in [-0.39, 0.29) is 0 Å². The Morgan fingerprint density at radius 1 is 0.900 bits per heavy atom. The molecule has 0 atom stereocenters. The van der Waals surface area contributed by atoms with Gasteiger partial charge in [-0.05, 0) is 28.7 Å². The van der Waals surface area contributed by atoms with E-state index in [1.54, 1.807) is 19.2 Å². The van der Waals surface area contributed by atoms with Gasteiger partial charge >= 0.3 is 7.12 Å². The lowest BCUT2D eigenvalue weighted by Gasteiger charge is -2.07. The molecule has 0 saturated heterocycles. The number of ether oxygens (including phenoxy) is 1. The number of rotatable bonds is 6. The van der Waals surface area contributed by atoms with Crippen molar-refractivity contribution in [3.8, 4) is 5.75 Å². The Balaban J connectivity index is 1.82. The molecule has 0 unspecified atom stereocenters. The van der Waals surface area contributed by atoms with Crippen molar-refractivity contribution in [2.24, 2.45) is 0 Å². The molecular formula is C15H18BNO3. The van der Waals surface area contributed by atoms with Crippen LogP contribution in [0, 0.1) is 0 Å². The first-order valence-electron chi connectivity index (χ1n) is 6.47. The van der Waals surface area contributed by atoms with Gasteiger partial charge < -0.3 is 20.1 Å². The van der Waals surface area contributed by atoms with Crippen LogP contribution in [0.5, 0.6) is 5.75 Å². The number of benzene rings is 2. The predicted octanol–water partition coefficient (Wildman–Crippen LogP) is 0.665. The first-order chi connectivity index (χ1) is 9.69. The molecule has 0 spiro atoms. The second-order valence-corrected chi connectivity index (χ2v) is 4.57. The third-order valence-electron chi connectivity index (χ3n) is 3.10. The molecule has 5 heteroatoms. The standard InChI is InChI=1S/C15H18BNO3/c1-20-15-8-4-13(5-9-15)11-17-10-12-2-6-14(7-3-12)16(18)19/h2-9,17-19H,10-11H2,1H3. The van der Waals surface area contributed by atoms with Crippen LogP contribution in [0.1, 0.15) is 11.1 Å². The van der Waals surface area contributed by atoms with Crippen LogP contribution in [0.15, 0.2) is 48.5 Å². The van der Waals surface area contributed by atoms with Crippen molar-refractivity contribution < 1.29 is 14.8 Å². The summed E-state index contributed by atoms with van der Waals surface area (Å²) < 4.78 is 5.11. The molecule has 3 N–H and O–H groups in total. The Kier molecular flexibility index (Phi) is 5.18. The summed E-state index contributed by atoms with van der Waals surface area (Å²) in [5.41, 5.74) is 2.79. The number of nitrogens with one attached hydrogen (secondary N) is 1. The van der Waals surface area contributed by atoms with Gasteiger partial charge in [0.2, 0.25) is 0 Å². The Morgan fingerprint density at radius 3 is 1.85 bits per heavy atom. The van der Waals surface area contributed by atoms with Gasteiger partial charge in [-0.2, -0.15) is 0 Å². The van der Waals surface area contributed by atoms with E-state index in [4.69, 9.17) is 14.8 Å². The Bertz CT molecular complexity index is 526. The van der Waals surface area contributed by atoms with Gasteiger partial charge in [0, 0.05) is 13.1 Å². The van der Waals surface area contributed by atoms with E-state index >= 15 is 0 Å². The normalized spacial score (nSPS) is 10.3. The molecule has 0 radical (unpaired) electrons. The first kappa shape index (κ1) is 14.6. The minimum Gasteiger partial charge on any atom is -0.497 e. The van der Waals surface area contributed by atoms with Gasteiger partial charge in [0.1, 0.15) is 5.75 Å². The fraction of sp³-hybridized carbons (Fsp3) is 0.200. The Morgan fingerprint density at radius 2 is 1.40 bits per heavy atom. The van der Waals surface area contributed by atoms with Crippen LogP contribution in [-0.4, -0.2) is 24.3 Å². The second kappa shape index (κ2) is 7.10. The summed E-state index contributed by atoms with van der Waals surface area (Å²) in [4.78, 5) is 0. The van der Waals surface area contributed by atoms with Gasteiger partial charge in [-0.1, -0.05) is 36.4 Å². The summed E-state index contributed by atoms with van der Waals surface area (Å²) in [6.07, 6.45) is 0. The van der Waals surface area contributed by atoms with Crippen molar-refractivity contribution in [3.63, 3.8) is 0 Å². The highest BCUT2D eigenvalue weighted by Gasteiger charge is 2.09. The molecule has 0 saturated carbocycles. The zero-order valence-electron chi connectivity index (χ0n) is 11.4. The summed E-state index contributed by atoms with van der Waals surface area (Å²) >= 11 is 0. The van der Waals surface area contributed by atoms with Gasteiger partial charge in [0.05, 0.1) is 7.11 Å². The molecule has 2 rings (SSSR count). The molecule has 0 aromatic heterocycles. The molecule has 104 valence electrons. The average molecular weight is 271 g/mol. The van der Waals surface area contributed by atoms with E-state index in [2.05, 4.69) is 5.32 Å². The molecule has 0 bridgehead atoms. The third-order valence-corrected chi connectivity index (χ3v) is 3.10. The molecular weight excluding hydrogens is 253 g/mol. The van der Waals surface area contributed by atoms with Crippen molar-refractivity contribution >= 4 is 12.6 Å². The summed E-state index contributed by atoms with van der Waals surface area (Å²) in [7, 11) is 0.247. The van der Waals surface area contributed by atoms with Crippen molar-refractivity contribution in [2.75, 3.05) is 7.11 Å². The Labute approximate surface area is 119 Å². The molecule has 2 aromatic rings. The zero-order valence-corrected chi connectivity index (χ0v) is 11.4. The molecule has 0 fully saturated rings. The monoisotopic (exact) mass is 271 g/mol. The van der Waals surface area contributed by atoms with E-state index in [1.807, 2.05) is 36.4 Å². The second-order valence-electron chi connectivity index (χ2n) is 4.57. The maximum absolute atomic E-state index is 9.01. The lowest BCUT2D eigenvalue weighted by atomic mass is 9.80. The number of hydrogen-bond donors (Lipinski definition) is 3. The molecule has 0 aliphatic heterocycles. The fourth-order valence-corrected chi connectivity index (χ4v) is 1.90. The van der Waals surface area contributed by atoms with Crippen LogP contribution >= 0.6 is 0 Å². The summed E-state index contributed by atoms with van der Waals surface area (Å²) in [6, 6.07) is 15.1. The van der Waals surface area contributed by atoms with Gasteiger partial charge in [-0.15, -0.1) is 0 Å². The lowest BCUT2D eigenvalue weighted by Crippen LogP contribution is -2.29. The first-order valence-corrected chi connectivity index (χ1v) is 6.47. The SMILES string of the molecule is COc1ccc(CNCc2ccc(B(O)O)cc2)cc1. The van der Waals surface area contributed by atoms with Gasteiger partial charge in [0.25, 0.3) is 0 Å². The summed E-state index contributed by atoms with van der Waals surface area (Å²) in [5.74, 6) is 0.854. The number of methoxy groups -OCH3 is 1. The van der Waals surface area contributed by atoms with E-state index < -0.39 is 7.12 Å². The molecule has 0 amide bonds. The van der Waals surface area contributed by atoms with E-state index in [1.165, 1.54) is 5.56 Å². The van der Waals surface area contributed by atoms with Crippen LogP contribution in [0.3, 0.4) is 0 Å². The summed E-state index contributed by atoms with van der Waals surface area (Å²) in [6.45, 7) is 1.50. The van der Waals surface area contributed by atoms with Crippen LogP contribution in [-0.2, 0) is 13.1 Å². The average Bonchev–Trinajstić information content (AvgIpc) is 2.48. The van der Waals surface area contributed by atoms with Gasteiger partial charge in [-0.25, -0.2) is 0 Å². The fourth-order valence-electron chi connectivity index (χ4n) is 1.90. The van der Waals surface area contributed by atoms with Crippen LogP contribution in [0.2, 0.25) is 0 Å². The topological polar surface area (TPSA) is 61.7 Å². The highest BCUT2D eigenvalue weighted by molar-refractivity contribution is 6.58. The molecule has 4 nitrogen and oxygen atoms in total. The van der Waals surface area contributed by atoms with Crippen LogP contribution in [0.4, 0.5) is 0 Å². The maximum Gasteiger partial charge on any atom is 0.488 e. The Hall–Kier alpha value is -1.82. The zero-order chi connectivity index (χ0) is 14.4. The minimum atomic E-state index is -1.41. The molecule has 20 heavy (non-hydrogen) atoms.